The van der Waals surface area contributed by atoms with Gasteiger partial charge in [-0.25, -0.2) is 4.79 Å². The van der Waals surface area contributed by atoms with E-state index in [4.69, 9.17) is 11.6 Å². The third-order valence-corrected chi connectivity index (χ3v) is 4.62. The Hall–Kier alpha value is -2.53. The number of hydrogen-bond donors (Lipinski definition) is 1. The summed E-state index contributed by atoms with van der Waals surface area (Å²) in [5.41, 5.74) is 2.32. The van der Waals surface area contributed by atoms with Crippen LogP contribution in [0.25, 0.3) is 0 Å². The van der Waals surface area contributed by atoms with E-state index in [-0.39, 0.29) is 11.8 Å². The van der Waals surface area contributed by atoms with Crippen molar-refractivity contribution < 1.29 is 9.59 Å². The van der Waals surface area contributed by atoms with Gasteiger partial charge in [-0.05, 0) is 43.3 Å². The van der Waals surface area contributed by atoms with Crippen LogP contribution in [0.15, 0.2) is 48.5 Å². The minimum absolute atomic E-state index is 0.00794. The Morgan fingerprint density at radius 2 is 1.60 bits per heavy atom. The average Bonchev–Trinajstić information content (AvgIpc) is 2.63. The first-order valence-electron chi connectivity index (χ1n) is 8.21. The third kappa shape index (κ3) is 4.12. The molecule has 2 aromatic rings. The Kier molecular flexibility index (Phi) is 5.24. The largest absolute Gasteiger partial charge is 0.367 e. The maximum Gasteiger partial charge on any atom is 0.321 e. The number of ketones is 1. The van der Waals surface area contributed by atoms with Crippen LogP contribution in [0.4, 0.5) is 16.2 Å². The molecule has 0 radical (unpaired) electrons. The molecule has 1 aliphatic rings. The summed E-state index contributed by atoms with van der Waals surface area (Å²) in [6, 6.07) is 14.5. The van der Waals surface area contributed by atoms with Crippen LogP contribution < -0.4 is 10.2 Å². The van der Waals surface area contributed by atoms with Gasteiger partial charge in [0.1, 0.15) is 0 Å². The van der Waals surface area contributed by atoms with Gasteiger partial charge in [-0.2, -0.15) is 0 Å². The van der Waals surface area contributed by atoms with Crippen molar-refractivity contribution in [2.45, 2.75) is 6.92 Å². The molecular weight excluding hydrogens is 338 g/mol. The molecule has 1 saturated heterocycles. The monoisotopic (exact) mass is 357 g/mol. The molecule has 130 valence electrons. The highest BCUT2D eigenvalue weighted by Gasteiger charge is 2.22. The van der Waals surface area contributed by atoms with Crippen LogP contribution in [0, 0.1) is 0 Å². The number of para-hydroxylation sites is 1. The fourth-order valence-electron chi connectivity index (χ4n) is 2.85. The van der Waals surface area contributed by atoms with Crippen molar-refractivity contribution in [3.05, 3.63) is 59.1 Å². The molecule has 0 aromatic heterocycles. The minimum atomic E-state index is -0.130. The molecule has 0 atom stereocenters. The molecule has 0 bridgehead atoms. The molecule has 3 rings (SSSR count). The van der Waals surface area contributed by atoms with E-state index < -0.39 is 0 Å². The Labute approximate surface area is 152 Å². The van der Waals surface area contributed by atoms with Crippen molar-refractivity contribution >= 4 is 34.8 Å². The predicted molar refractivity (Wildman–Crippen MR) is 101 cm³/mol. The zero-order valence-corrected chi connectivity index (χ0v) is 14.8. The van der Waals surface area contributed by atoms with E-state index in [1.807, 2.05) is 24.3 Å². The van der Waals surface area contributed by atoms with E-state index in [1.54, 1.807) is 29.2 Å². The van der Waals surface area contributed by atoms with Gasteiger partial charge in [0.2, 0.25) is 0 Å². The van der Waals surface area contributed by atoms with Gasteiger partial charge in [0, 0.05) is 37.4 Å². The number of halogens is 1. The summed E-state index contributed by atoms with van der Waals surface area (Å²) < 4.78 is 0. The maximum atomic E-state index is 12.4. The Bertz CT molecular complexity index is 768. The summed E-state index contributed by atoms with van der Waals surface area (Å²) in [7, 11) is 0. The van der Waals surface area contributed by atoms with Crippen LogP contribution in [0.2, 0.25) is 5.02 Å². The SMILES string of the molecule is CC(=O)c1ccc(NC(=O)N2CCN(c3ccccc3Cl)CC2)cc1. The zero-order chi connectivity index (χ0) is 17.8. The van der Waals surface area contributed by atoms with Crippen molar-refractivity contribution in [3.63, 3.8) is 0 Å². The first-order valence-corrected chi connectivity index (χ1v) is 8.59. The van der Waals surface area contributed by atoms with Crippen LogP contribution in [-0.2, 0) is 0 Å². The molecule has 0 aliphatic carbocycles. The lowest BCUT2D eigenvalue weighted by Crippen LogP contribution is -2.50. The summed E-state index contributed by atoms with van der Waals surface area (Å²) >= 11 is 6.24. The zero-order valence-electron chi connectivity index (χ0n) is 14.0. The van der Waals surface area contributed by atoms with Crippen molar-refractivity contribution in [1.29, 1.82) is 0 Å². The van der Waals surface area contributed by atoms with E-state index >= 15 is 0 Å². The van der Waals surface area contributed by atoms with Gasteiger partial charge >= 0.3 is 6.03 Å². The smallest absolute Gasteiger partial charge is 0.321 e. The number of carbonyl (C=O) groups excluding carboxylic acids is 2. The van der Waals surface area contributed by atoms with Gasteiger partial charge < -0.3 is 15.1 Å². The van der Waals surface area contributed by atoms with Gasteiger partial charge in [0.25, 0.3) is 0 Å². The van der Waals surface area contributed by atoms with Crippen molar-refractivity contribution in [3.8, 4) is 0 Å². The van der Waals surface area contributed by atoms with Gasteiger partial charge in [0.15, 0.2) is 5.78 Å². The van der Waals surface area contributed by atoms with Gasteiger partial charge in [0.05, 0.1) is 10.7 Å². The Balaban J connectivity index is 1.56. The highest BCUT2D eigenvalue weighted by molar-refractivity contribution is 6.33. The van der Waals surface area contributed by atoms with Crippen LogP contribution in [0.3, 0.4) is 0 Å². The normalized spacial score (nSPS) is 14.3. The number of urea groups is 1. The van der Waals surface area contributed by atoms with Gasteiger partial charge in [-0.1, -0.05) is 23.7 Å². The highest BCUT2D eigenvalue weighted by Crippen LogP contribution is 2.26. The summed E-state index contributed by atoms with van der Waals surface area (Å²) in [5, 5.41) is 3.60. The lowest BCUT2D eigenvalue weighted by Gasteiger charge is -2.36. The first-order chi connectivity index (χ1) is 12.0. The number of carbonyl (C=O) groups is 2. The fourth-order valence-corrected chi connectivity index (χ4v) is 3.10. The average molecular weight is 358 g/mol. The third-order valence-electron chi connectivity index (χ3n) is 4.30. The van der Waals surface area contributed by atoms with Crippen molar-refractivity contribution in [2.75, 3.05) is 36.4 Å². The molecule has 6 heteroatoms. The number of amides is 2. The number of nitrogens with one attached hydrogen (secondary N) is 1. The predicted octanol–water partition coefficient (Wildman–Crippen LogP) is 3.90. The standard InChI is InChI=1S/C19H20ClN3O2/c1-14(24)15-6-8-16(9-7-15)21-19(25)23-12-10-22(11-13-23)18-5-3-2-4-17(18)20/h2-9H,10-13H2,1H3,(H,21,25). The minimum Gasteiger partial charge on any atom is -0.367 e. The Morgan fingerprint density at radius 3 is 2.20 bits per heavy atom. The molecule has 2 aromatic carbocycles. The number of nitrogens with zero attached hydrogens (tertiary/aromatic N) is 2. The molecule has 0 saturated carbocycles. The van der Waals surface area contributed by atoms with E-state index in [2.05, 4.69) is 10.2 Å². The van der Waals surface area contributed by atoms with Crippen molar-refractivity contribution in [1.82, 2.24) is 4.90 Å². The second-order valence-electron chi connectivity index (χ2n) is 5.99. The molecule has 2 amide bonds. The second-order valence-corrected chi connectivity index (χ2v) is 6.40. The highest BCUT2D eigenvalue weighted by atomic mass is 35.5. The molecule has 0 unspecified atom stereocenters. The summed E-state index contributed by atoms with van der Waals surface area (Å²) in [4.78, 5) is 27.7. The Morgan fingerprint density at radius 1 is 0.960 bits per heavy atom. The molecule has 1 N–H and O–H groups in total. The van der Waals surface area contributed by atoms with Gasteiger partial charge in [-0.3, -0.25) is 4.79 Å². The number of anilines is 2. The molecular formula is C19H20ClN3O2. The van der Waals surface area contributed by atoms with Gasteiger partial charge in [-0.15, -0.1) is 0 Å². The first kappa shape index (κ1) is 17.3. The molecule has 0 spiro atoms. The quantitative estimate of drug-likeness (QED) is 0.848. The topological polar surface area (TPSA) is 52.7 Å². The number of piperazine rings is 1. The molecule has 1 fully saturated rings. The number of rotatable bonds is 3. The summed E-state index contributed by atoms with van der Waals surface area (Å²) in [6.45, 7) is 4.25. The van der Waals surface area contributed by atoms with Crippen LogP contribution in [0.5, 0.6) is 0 Å². The lowest BCUT2D eigenvalue weighted by molar-refractivity contribution is 0.101. The molecule has 25 heavy (non-hydrogen) atoms. The maximum absolute atomic E-state index is 12.4. The van der Waals surface area contributed by atoms with Crippen molar-refractivity contribution in [2.24, 2.45) is 0 Å². The fraction of sp³-hybridized carbons (Fsp3) is 0.263. The van der Waals surface area contributed by atoms with E-state index in [0.29, 0.717) is 24.3 Å². The van der Waals surface area contributed by atoms with E-state index in [9.17, 15) is 9.59 Å². The van der Waals surface area contributed by atoms with Crippen LogP contribution >= 0.6 is 11.6 Å². The van der Waals surface area contributed by atoms with E-state index in [1.165, 1.54) is 6.92 Å². The summed E-state index contributed by atoms with van der Waals surface area (Å²) in [6.07, 6.45) is 0. The van der Waals surface area contributed by atoms with Crippen LogP contribution in [0.1, 0.15) is 17.3 Å². The summed E-state index contributed by atoms with van der Waals surface area (Å²) in [5.74, 6) is 0.00794. The second kappa shape index (κ2) is 7.57. The number of hydrogen-bond acceptors (Lipinski definition) is 3. The molecule has 1 aliphatic heterocycles. The molecule has 1 heterocycles. The number of Topliss-reactive ketones (excluding diaryl/α,β-unsaturated/α-hetero) is 1. The van der Waals surface area contributed by atoms with Crippen LogP contribution in [-0.4, -0.2) is 42.9 Å². The lowest BCUT2D eigenvalue weighted by atomic mass is 10.1. The molecule has 5 nitrogen and oxygen atoms in total. The number of benzene rings is 2. The van der Waals surface area contributed by atoms with E-state index in [0.717, 1.165) is 23.8 Å².